The van der Waals surface area contributed by atoms with Crippen molar-refractivity contribution in [1.82, 2.24) is 0 Å². The van der Waals surface area contributed by atoms with Gasteiger partial charge in [-0.25, -0.2) is 0 Å². The summed E-state index contributed by atoms with van der Waals surface area (Å²) in [5.41, 5.74) is 7.98. The lowest BCUT2D eigenvalue weighted by atomic mass is 9.99. The molecule has 0 saturated heterocycles. The molecule has 2 aromatic carbocycles. The molecule has 0 bridgehead atoms. The summed E-state index contributed by atoms with van der Waals surface area (Å²) in [6.45, 7) is 0.575. The highest BCUT2D eigenvalue weighted by atomic mass is 35.5. The normalized spacial score (nSPS) is 14.8. The Labute approximate surface area is 139 Å². The fourth-order valence-corrected chi connectivity index (χ4v) is 2.94. The van der Waals surface area contributed by atoms with Gasteiger partial charge in [-0.1, -0.05) is 11.6 Å². The molecule has 1 aliphatic rings. The molecule has 0 fully saturated rings. The van der Waals surface area contributed by atoms with Crippen molar-refractivity contribution in [1.29, 1.82) is 0 Å². The quantitative estimate of drug-likeness (QED) is 0.806. The van der Waals surface area contributed by atoms with Gasteiger partial charge >= 0.3 is 0 Å². The van der Waals surface area contributed by atoms with Gasteiger partial charge in [0.1, 0.15) is 0 Å². The van der Waals surface area contributed by atoms with Crippen molar-refractivity contribution in [3.63, 3.8) is 0 Å². The summed E-state index contributed by atoms with van der Waals surface area (Å²) in [6.07, 6.45) is 2.03. The summed E-state index contributed by atoms with van der Waals surface area (Å²) in [5, 5.41) is 0.498. The van der Waals surface area contributed by atoms with Gasteiger partial charge in [-0.15, -0.1) is 0 Å². The highest BCUT2D eigenvalue weighted by Gasteiger charge is 2.24. The average Bonchev–Trinajstić information content (AvgIpc) is 2.54. The highest BCUT2D eigenvalue weighted by molar-refractivity contribution is 6.31. The minimum Gasteiger partial charge on any atom is -0.399 e. The van der Waals surface area contributed by atoms with E-state index in [0.29, 0.717) is 40.5 Å². The minimum atomic E-state index is -0.136. The molecule has 23 heavy (non-hydrogen) atoms. The van der Waals surface area contributed by atoms with Crippen molar-refractivity contribution < 1.29 is 9.59 Å². The van der Waals surface area contributed by atoms with Crippen molar-refractivity contribution in [2.45, 2.75) is 19.3 Å². The summed E-state index contributed by atoms with van der Waals surface area (Å²) in [7, 11) is 0. The summed E-state index contributed by atoms with van der Waals surface area (Å²) < 4.78 is 0. The van der Waals surface area contributed by atoms with Crippen LogP contribution in [0.5, 0.6) is 0 Å². The number of ketones is 1. The Morgan fingerprint density at radius 2 is 1.83 bits per heavy atom. The van der Waals surface area contributed by atoms with Gasteiger partial charge in [0.15, 0.2) is 5.78 Å². The number of carbonyl (C=O) groups excluding carboxylic acids is 2. The van der Waals surface area contributed by atoms with Crippen LogP contribution < -0.4 is 10.6 Å². The molecule has 2 aromatic rings. The van der Waals surface area contributed by atoms with E-state index in [2.05, 4.69) is 0 Å². The lowest BCUT2D eigenvalue weighted by Gasteiger charge is -2.27. The second-order valence-electron chi connectivity index (χ2n) is 5.62. The lowest BCUT2D eigenvalue weighted by molar-refractivity contribution is 0.0972. The molecule has 0 aliphatic carbocycles. The predicted octanol–water partition coefficient (Wildman–Crippen LogP) is 3.94. The number of Topliss-reactive ketones (excluding diaryl/α,β-unsaturated/α-hetero) is 1. The van der Waals surface area contributed by atoms with Crippen LogP contribution in [0.25, 0.3) is 0 Å². The summed E-state index contributed by atoms with van der Waals surface area (Å²) >= 11 is 6.03. The predicted molar refractivity (Wildman–Crippen MR) is 92.2 cm³/mol. The first kappa shape index (κ1) is 15.6. The molecule has 1 amide bonds. The molecule has 0 radical (unpaired) electrons. The third-order valence-electron chi connectivity index (χ3n) is 3.99. The van der Waals surface area contributed by atoms with Crippen molar-refractivity contribution in [3.05, 3.63) is 58.6 Å². The number of carbonyl (C=O) groups is 2. The topological polar surface area (TPSA) is 63.4 Å². The molecular weight excluding hydrogens is 312 g/mol. The number of benzene rings is 2. The van der Waals surface area contributed by atoms with Crippen LogP contribution in [0.2, 0.25) is 5.02 Å². The number of anilines is 2. The highest BCUT2D eigenvalue weighted by Crippen LogP contribution is 2.29. The molecule has 1 heterocycles. The molecule has 2 N–H and O–H groups in total. The van der Waals surface area contributed by atoms with E-state index in [0.717, 1.165) is 12.8 Å². The van der Waals surface area contributed by atoms with Gasteiger partial charge < -0.3 is 10.6 Å². The summed E-state index contributed by atoms with van der Waals surface area (Å²) in [5.74, 6) is -0.111. The van der Waals surface area contributed by atoms with Crippen molar-refractivity contribution in [2.75, 3.05) is 17.2 Å². The van der Waals surface area contributed by atoms with E-state index in [1.807, 2.05) is 0 Å². The minimum absolute atomic E-state index is 0.0253. The molecular formula is C18H17ClN2O2. The van der Waals surface area contributed by atoms with E-state index < -0.39 is 0 Å². The maximum absolute atomic E-state index is 12.9. The van der Waals surface area contributed by atoms with Gasteiger partial charge in [-0.05, 0) is 55.3 Å². The van der Waals surface area contributed by atoms with E-state index in [-0.39, 0.29) is 11.7 Å². The molecule has 3 rings (SSSR count). The SMILES string of the molecule is Nc1ccc(C(=O)N2CCCCC(=O)c3cc(Cl)ccc32)cc1. The molecule has 118 valence electrons. The van der Waals surface area contributed by atoms with Crippen LogP contribution in [0.4, 0.5) is 11.4 Å². The molecule has 0 atom stereocenters. The number of amides is 1. The summed E-state index contributed by atoms with van der Waals surface area (Å²) in [4.78, 5) is 26.9. The van der Waals surface area contributed by atoms with Gasteiger partial charge in [0, 0.05) is 34.8 Å². The number of nitrogens with zero attached hydrogens (tertiary/aromatic N) is 1. The maximum atomic E-state index is 12.9. The monoisotopic (exact) mass is 328 g/mol. The number of nitrogens with two attached hydrogens (primary N) is 1. The molecule has 0 saturated carbocycles. The van der Waals surface area contributed by atoms with Crippen molar-refractivity contribution in [2.24, 2.45) is 0 Å². The van der Waals surface area contributed by atoms with Crippen molar-refractivity contribution in [3.8, 4) is 0 Å². The van der Waals surface area contributed by atoms with E-state index in [4.69, 9.17) is 17.3 Å². The molecule has 0 aromatic heterocycles. The molecule has 5 heteroatoms. The van der Waals surface area contributed by atoms with Gasteiger partial charge in [-0.2, -0.15) is 0 Å². The van der Waals surface area contributed by atoms with E-state index in [1.165, 1.54) is 0 Å². The van der Waals surface area contributed by atoms with Crippen LogP contribution >= 0.6 is 11.6 Å². The Kier molecular flexibility index (Phi) is 4.35. The summed E-state index contributed by atoms with van der Waals surface area (Å²) in [6, 6.07) is 11.9. The van der Waals surface area contributed by atoms with Crippen LogP contribution in [0, 0.1) is 0 Å². The Bertz CT molecular complexity index is 756. The van der Waals surface area contributed by atoms with E-state index >= 15 is 0 Å². The zero-order valence-corrected chi connectivity index (χ0v) is 13.3. The van der Waals surface area contributed by atoms with Crippen LogP contribution in [-0.4, -0.2) is 18.2 Å². The van der Waals surface area contributed by atoms with E-state index in [9.17, 15) is 9.59 Å². The Morgan fingerprint density at radius 1 is 1.09 bits per heavy atom. The average molecular weight is 329 g/mol. The number of fused-ring (bicyclic) bond motifs is 1. The third-order valence-corrected chi connectivity index (χ3v) is 4.22. The van der Waals surface area contributed by atoms with Gasteiger partial charge in [0.2, 0.25) is 0 Å². The number of nitrogen functional groups attached to an aromatic ring is 1. The first-order valence-corrected chi connectivity index (χ1v) is 7.94. The largest absolute Gasteiger partial charge is 0.399 e. The standard InChI is InChI=1S/C18H17ClN2O2/c19-13-6-9-16-15(11-13)17(22)3-1-2-10-21(16)18(23)12-4-7-14(20)8-5-12/h4-9,11H,1-3,10,20H2. The van der Waals surface area contributed by atoms with Crippen LogP contribution in [0.15, 0.2) is 42.5 Å². The first-order valence-electron chi connectivity index (χ1n) is 7.56. The Hall–Kier alpha value is -2.33. The second kappa shape index (κ2) is 6.42. The number of rotatable bonds is 1. The number of hydrogen-bond acceptors (Lipinski definition) is 3. The Morgan fingerprint density at radius 3 is 2.57 bits per heavy atom. The molecule has 0 unspecified atom stereocenters. The van der Waals surface area contributed by atoms with Gasteiger partial charge in [0.05, 0.1) is 5.69 Å². The number of hydrogen-bond donors (Lipinski definition) is 1. The Balaban J connectivity index is 2.04. The zero-order valence-electron chi connectivity index (χ0n) is 12.6. The molecule has 0 spiro atoms. The second-order valence-corrected chi connectivity index (χ2v) is 6.06. The van der Waals surface area contributed by atoms with Gasteiger partial charge in [0.25, 0.3) is 5.91 Å². The maximum Gasteiger partial charge on any atom is 0.258 e. The fourth-order valence-electron chi connectivity index (χ4n) is 2.77. The lowest BCUT2D eigenvalue weighted by Crippen LogP contribution is -2.34. The molecule has 1 aliphatic heterocycles. The smallest absolute Gasteiger partial charge is 0.258 e. The third kappa shape index (κ3) is 3.22. The van der Waals surface area contributed by atoms with Crippen molar-refractivity contribution >= 4 is 34.7 Å². The van der Waals surface area contributed by atoms with Crippen LogP contribution in [0.1, 0.15) is 40.0 Å². The van der Waals surface area contributed by atoms with Crippen LogP contribution in [0.3, 0.4) is 0 Å². The molecule has 4 nitrogen and oxygen atoms in total. The number of halogens is 1. The first-order chi connectivity index (χ1) is 11.1. The zero-order chi connectivity index (χ0) is 16.4. The van der Waals surface area contributed by atoms with Gasteiger partial charge in [-0.3, -0.25) is 9.59 Å². The van der Waals surface area contributed by atoms with E-state index in [1.54, 1.807) is 47.4 Å². The van der Waals surface area contributed by atoms with Crippen LogP contribution in [-0.2, 0) is 0 Å². The fraction of sp³-hybridized carbons (Fsp3) is 0.222.